The fourth-order valence-corrected chi connectivity index (χ4v) is 1.81. The average Bonchev–Trinajstić information content (AvgIpc) is 2.47. The van der Waals surface area contributed by atoms with Crippen LogP contribution in [0.4, 0.5) is 4.39 Å². The Morgan fingerprint density at radius 2 is 2.14 bits per heavy atom. The van der Waals surface area contributed by atoms with Gasteiger partial charge in [-0.3, -0.25) is 4.79 Å². The summed E-state index contributed by atoms with van der Waals surface area (Å²) < 4.78 is 13.4. The van der Waals surface area contributed by atoms with Crippen molar-refractivity contribution in [2.75, 3.05) is 6.61 Å². The van der Waals surface area contributed by atoms with Crippen LogP contribution in [-0.4, -0.2) is 23.7 Å². The summed E-state index contributed by atoms with van der Waals surface area (Å²) in [5.41, 5.74) is 0.703. The van der Waals surface area contributed by atoms with E-state index in [2.05, 4.69) is 31.0 Å². The van der Waals surface area contributed by atoms with Gasteiger partial charge in [-0.05, 0) is 31.0 Å². The van der Waals surface area contributed by atoms with Crippen LogP contribution in [0.3, 0.4) is 0 Å². The quantitative estimate of drug-likeness (QED) is 0.820. The molecular formula is C17H22FNO2. The molecule has 0 spiro atoms. The summed E-state index contributed by atoms with van der Waals surface area (Å²) in [4.78, 5) is 12.3. The number of carbonyl (C=O) groups excluding carboxylic acids is 1. The van der Waals surface area contributed by atoms with Gasteiger partial charge in [0.2, 0.25) is 0 Å². The first-order valence-electron chi connectivity index (χ1n) is 7.19. The highest BCUT2D eigenvalue weighted by atomic mass is 19.1. The maximum atomic E-state index is 13.4. The van der Waals surface area contributed by atoms with Crippen molar-refractivity contribution in [1.29, 1.82) is 0 Å². The molecule has 1 rings (SSSR count). The summed E-state index contributed by atoms with van der Waals surface area (Å²) in [7, 11) is 0. The van der Waals surface area contributed by atoms with Crippen LogP contribution in [0.2, 0.25) is 0 Å². The minimum Gasteiger partial charge on any atom is -0.395 e. The molecule has 0 radical (unpaired) electrons. The summed E-state index contributed by atoms with van der Waals surface area (Å²) in [6.07, 6.45) is 1.27. The Balaban J connectivity index is 2.97. The van der Waals surface area contributed by atoms with Gasteiger partial charge in [-0.25, -0.2) is 4.39 Å². The van der Waals surface area contributed by atoms with Crippen molar-refractivity contribution in [3.63, 3.8) is 0 Å². The number of amides is 1. The van der Waals surface area contributed by atoms with Crippen molar-refractivity contribution >= 4 is 5.91 Å². The molecule has 0 aliphatic carbocycles. The molecule has 114 valence electrons. The third-order valence-electron chi connectivity index (χ3n) is 3.54. The average molecular weight is 291 g/mol. The number of aliphatic hydroxyl groups is 1. The minimum absolute atomic E-state index is 0.00372. The van der Waals surface area contributed by atoms with Gasteiger partial charge in [-0.2, -0.15) is 0 Å². The van der Waals surface area contributed by atoms with E-state index in [0.717, 1.165) is 6.42 Å². The van der Waals surface area contributed by atoms with Crippen LogP contribution in [-0.2, 0) is 0 Å². The molecule has 2 atom stereocenters. The molecule has 1 amide bonds. The van der Waals surface area contributed by atoms with Crippen LogP contribution in [0.1, 0.15) is 49.5 Å². The Hall–Kier alpha value is -1.86. The van der Waals surface area contributed by atoms with Crippen molar-refractivity contribution in [2.24, 2.45) is 5.92 Å². The molecule has 0 saturated carbocycles. The van der Waals surface area contributed by atoms with Crippen LogP contribution in [0, 0.1) is 23.6 Å². The summed E-state index contributed by atoms with van der Waals surface area (Å²) >= 11 is 0. The highest BCUT2D eigenvalue weighted by molar-refractivity contribution is 5.96. The monoisotopic (exact) mass is 291 g/mol. The molecule has 0 heterocycles. The third-order valence-corrected chi connectivity index (χ3v) is 3.54. The molecule has 0 bridgehead atoms. The Kier molecular flexibility index (Phi) is 6.90. The van der Waals surface area contributed by atoms with Gasteiger partial charge >= 0.3 is 0 Å². The summed E-state index contributed by atoms with van der Waals surface area (Å²) in [5.74, 6) is 5.10. The molecule has 1 aromatic rings. The first-order valence-corrected chi connectivity index (χ1v) is 7.19. The lowest BCUT2D eigenvalue weighted by Crippen LogP contribution is -2.37. The fraction of sp³-hybridized carbons (Fsp3) is 0.471. The van der Waals surface area contributed by atoms with Crippen LogP contribution >= 0.6 is 0 Å². The number of benzene rings is 1. The number of aliphatic hydroxyl groups excluding tert-OH is 1. The van der Waals surface area contributed by atoms with Gasteiger partial charge < -0.3 is 10.4 Å². The molecule has 2 N–H and O–H groups in total. The Morgan fingerprint density at radius 1 is 1.43 bits per heavy atom. The van der Waals surface area contributed by atoms with Crippen LogP contribution in [0.5, 0.6) is 0 Å². The van der Waals surface area contributed by atoms with Crippen molar-refractivity contribution < 1.29 is 14.3 Å². The lowest BCUT2D eigenvalue weighted by atomic mass is 10.00. The topological polar surface area (TPSA) is 49.3 Å². The zero-order valence-electron chi connectivity index (χ0n) is 12.7. The SMILES string of the molecule is CCC(C)C(C)NC(=O)c1cc(F)ccc1C#CCCO. The van der Waals surface area contributed by atoms with Gasteiger partial charge in [0.1, 0.15) is 5.82 Å². The van der Waals surface area contributed by atoms with Gasteiger partial charge in [0.05, 0.1) is 12.2 Å². The van der Waals surface area contributed by atoms with Crippen molar-refractivity contribution in [2.45, 2.75) is 39.7 Å². The maximum absolute atomic E-state index is 13.4. The van der Waals surface area contributed by atoms with Crippen LogP contribution in [0.15, 0.2) is 18.2 Å². The number of hydrogen-bond donors (Lipinski definition) is 2. The van der Waals surface area contributed by atoms with Crippen molar-refractivity contribution in [1.82, 2.24) is 5.32 Å². The van der Waals surface area contributed by atoms with Gasteiger partial charge in [-0.15, -0.1) is 0 Å². The first-order chi connectivity index (χ1) is 9.99. The van der Waals surface area contributed by atoms with Crippen molar-refractivity contribution in [3.05, 3.63) is 35.1 Å². The van der Waals surface area contributed by atoms with Gasteiger partial charge in [0, 0.05) is 18.0 Å². The number of hydrogen-bond acceptors (Lipinski definition) is 2. The highest BCUT2D eigenvalue weighted by Crippen LogP contribution is 2.13. The van der Waals surface area contributed by atoms with E-state index in [4.69, 9.17) is 5.11 Å². The molecule has 2 unspecified atom stereocenters. The lowest BCUT2D eigenvalue weighted by Gasteiger charge is -2.20. The van der Waals surface area contributed by atoms with E-state index in [-0.39, 0.29) is 24.1 Å². The van der Waals surface area contributed by atoms with Crippen LogP contribution in [0.25, 0.3) is 0 Å². The molecule has 3 nitrogen and oxygen atoms in total. The van der Waals surface area contributed by atoms with Gasteiger partial charge in [0.25, 0.3) is 5.91 Å². The zero-order valence-corrected chi connectivity index (χ0v) is 12.7. The van der Waals surface area contributed by atoms with Crippen molar-refractivity contribution in [3.8, 4) is 11.8 Å². The number of carbonyl (C=O) groups is 1. The second-order valence-electron chi connectivity index (χ2n) is 5.11. The fourth-order valence-electron chi connectivity index (χ4n) is 1.81. The van der Waals surface area contributed by atoms with E-state index in [1.807, 2.05) is 6.92 Å². The van der Waals surface area contributed by atoms with E-state index in [0.29, 0.717) is 17.9 Å². The molecule has 0 aromatic heterocycles. The molecular weight excluding hydrogens is 269 g/mol. The summed E-state index contributed by atoms with van der Waals surface area (Å²) in [6.45, 7) is 6.00. The van der Waals surface area contributed by atoms with E-state index in [1.165, 1.54) is 18.2 Å². The molecule has 4 heteroatoms. The lowest BCUT2D eigenvalue weighted by molar-refractivity contribution is 0.0927. The predicted molar refractivity (Wildman–Crippen MR) is 81.4 cm³/mol. The standard InChI is InChI=1S/C17H22FNO2/c1-4-12(2)13(3)19-17(21)16-11-15(18)9-8-14(16)7-5-6-10-20/h8-9,11-13,20H,4,6,10H2,1-3H3,(H,19,21). The van der Waals surface area contributed by atoms with E-state index in [9.17, 15) is 9.18 Å². The minimum atomic E-state index is -0.468. The number of nitrogens with one attached hydrogen (secondary N) is 1. The smallest absolute Gasteiger partial charge is 0.252 e. The Morgan fingerprint density at radius 3 is 2.76 bits per heavy atom. The van der Waals surface area contributed by atoms with E-state index < -0.39 is 5.82 Å². The number of rotatable bonds is 5. The largest absolute Gasteiger partial charge is 0.395 e. The first kappa shape index (κ1) is 17.2. The Labute approximate surface area is 125 Å². The molecule has 21 heavy (non-hydrogen) atoms. The molecule has 0 fully saturated rings. The highest BCUT2D eigenvalue weighted by Gasteiger charge is 2.17. The molecule has 1 aromatic carbocycles. The molecule has 0 saturated heterocycles. The second-order valence-corrected chi connectivity index (χ2v) is 5.11. The van der Waals surface area contributed by atoms with E-state index >= 15 is 0 Å². The van der Waals surface area contributed by atoms with Gasteiger partial charge in [0.15, 0.2) is 0 Å². The Bertz CT molecular complexity index is 545. The third kappa shape index (κ3) is 5.20. The predicted octanol–water partition coefficient (Wildman–Crippen LogP) is 2.72. The molecule has 0 aliphatic heterocycles. The maximum Gasteiger partial charge on any atom is 0.252 e. The van der Waals surface area contributed by atoms with E-state index in [1.54, 1.807) is 0 Å². The summed E-state index contributed by atoms with van der Waals surface area (Å²) in [6, 6.07) is 3.96. The summed E-state index contributed by atoms with van der Waals surface area (Å²) in [5, 5.41) is 11.6. The zero-order chi connectivity index (χ0) is 15.8. The number of halogens is 1. The second kappa shape index (κ2) is 8.43. The molecule has 0 aliphatic rings. The van der Waals surface area contributed by atoms with Gasteiger partial charge in [-0.1, -0.05) is 32.1 Å². The normalized spacial score (nSPS) is 13.0. The van der Waals surface area contributed by atoms with Crippen LogP contribution < -0.4 is 5.32 Å².